The van der Waals surface area contributed by atoms with Crippen LogP contribution in [0.5, 0.6) is 0 Å². The molecule has 5 aliphatic heterocycles. The Bertz CT molecular complexity index is 3770. The summed E-state index contributed by atoms with van der Waals surface area (Å²) < 4.78 is 111. The van der Waals surface area contributed by atoms with Crippen LogP contribution in [0.4, 0.5) is 17.7 Å². The third-order valence-electron chi connectivity index (χ3n) is 13.3. The highest BCUT2D eigenvalue weighted by molar-refractivity contribution is 7.66. The largest absolute Gasteiger partial charge is 0.490 e. The molecule has 11 heterocycles. The Labute approximate surface area is 430 Å². The van der Waals surface area contributed by atoms with Gasteiger partial charge in [-0.15, -0.1) is 0 Å². The van der Waals surface area contributed by atoms with Crippen molar-refractivity contribution in [3.63, 3.8) is 0 Å². The molecule has 44 heteroatoms. The number of amides is 1. The maximum absolute atomic E-state index is 13.8. The van der Waals surface area contributed by atoms with E-state index in [-0.39, 0.29) is 51.2 Å². The topological polar surface area (TPSA) is 562 Å². The number of carbonyl (C=O) groups excluding carboxylic acids is 1. The molecule has 7 unspecified atom stereocenters. The van der Waals surface area contributed by atoms with E-state index in [4.69, 9.17) is 54.2 Å². The number of rotatable bonds is 18. The van der Waals surface area contributed by atoms with Crippen molar-refractivity contribution in [3.8, 4) is 0 Å². The number of carbonyl (C=O) groups is 1. The molecule has 6 aromatic rings. The number of morpholine rings is 1. The smallest absolute Gasteiger partial charge is 0.387 e. The number of hydrogen-bond donors (Lipinski definition) is 12. The normalized spacial score (nSPS) is 32.8. The van der Waals surface area contributed by atoms with Crippen molar-refractivity contribution in [2.75, 3.05) is 50.7 Å². The van der Waals surface area contributed by atoms with Gasteiger partial charge in [0.2, 0.25) is 23.3 Å². The number of imidazole rings is 3. The molecule has 6 aromatic heterocycles. The van der Waals surface area contributed by atoms with E-state index in [2.05, 4.69) is 48.5 Å². The Kier molecular flexibility index (Phi) is 13.0. The number of fused-ring (bicyclic) bond motifs is 7. The van der Waals surface area contributed by atoms with Gasteiger partial charge in [0.15, 0.2) is 41.4 Å². The van der Waals surface area contributed by atoms with Gasteiger partial charge in [0.05, 0.1) is 46.1 Å². The monoisotopic (exact) mass is 1180 g/mol. The number of anilines is 3. The number of nitrogens with one attached hydrogen (secondary N) is 2. The van der Waals surface area contributed by atoms with Gasteiger partial charge in [-0.3, -0.25) is 56.1 Å². The molecule has 0 saturated carbocycles. The Morgan fingerprint density at radius 2 is 1.44 bits per heavy atom. The SMILES string of the molecule is CN1C(=O)[C@]2(COP(=O)(O)OP(=O)(O)OP(=O)(O)OC[C@]34CO[C@@H](C3OP(=O)(O)OC[C@H]3O[C@@H](n5cnc6c(=O)[nH]c(N)nc65)[C@@H](O)C3O)[C@H](n3cnc5c(N)ncnc53)O4)O[C@@H]([n+]3cn(C)c4c(=O)[nH]c(N)nc43)C1[C@H]2O. The summed E-state index contributed by atoms with van der Waals surface area (Å²) >= 11 is 0. The minimum atomic E-state index is -6.29. The molecule has 5 aliphatic rings. The van der Waals surface area contributed by atoms with Gasteiger partial charge in [-0.1, -0.05) is 4.98 Å². The number of likely N-dealkylation sites (N-methyl/N-ethyl adjacent to an activating group) is 1. The van der Waals surface area contributed by atoms with Gasteiger partial charge < -0.3 is 75.9 Å². The number of H-pyrrole nitrogens is 2. The van der Waals surface area contributed by atoms with Gasteiger partial charge in [0.1, 0.15) is 60.1 Å². The van der Waals surface area contributed by atoms with Crippen LogP contribution >= 0.6 is 31.3 Å². The van der Waals surface area contributed by atoms with Gasteiger partial charge in [-0.05, 0) is 0 Å². The summed E-state index contributed by atoms with van der Waals surface area (Å²) in [6.45, 7) is -4.33. The van der Waals surface area contributed by atoms with Crippen LogP contribution in [-0.2, 0) is 75.8 Å². The molecule has 5 saturated heterocycles. The number of aromatic nitrogens is 12. The van der Waals surface area contributed by atoms with Crippen molar-refractivity contribution in [1.82, 2.24) is 58.5 Å². The van der Waals surface area contributed by atoms with E-state index in [1.165, 1.54) is 34.1 Å². The fourth-order valence-corrected chi connectivity index (χ4v) is 14.4. The molecule has 78 heavy (non-hydrogen) atoms. The van der Waals surface area contributed by atoms with E-state index in [1.54, 1.807) is 0 Å². The van der Waals surface area contributed by atoms with E-state index >= 15 is 0 Å². The quantitative estimate of drug-likeness (QED) is 0.0283. The summed E-state index contributed by atoms with van der Waals surface area (Å²) in [5.74, 6) is -1.70. The Morgan fingerprint density at radius 1 is 0.782 bits per heavy atom. The lowest BCUT2D eigenvalue weighted by molar-refractivity contribution is -0.746. The van der Waals surface area contributed by atoms with Crippen LogP contribution in [0.1, 0.15) is 18.7 Å². The lowest BCUT2D eigenvalue weighted by Gasteiger charge is -2.33. The van der Waals surface area contributed by atoms with Crippen molar-refractivity contribution in [1.29, 1.82) is 0 Å². The van der Waals surface area contributed by atoms with Crippen molar-refractivity contribution in [2.24, 2.45) is 7.05 Å². The molecule has 0 spiro atoms. The predicted octanol–water partition coefficient (Wildman–Crippen LogP) is -5.11. The Morgan fingerprint density at radius 3 is 2.15 bits per heavy atom. The fourth-order valence-electron chi connectivity index (χ4n) is 9.85. The Balaban J connectivity index is 0.776. The standard InChI is InChI=1S/C34H42N16O24P4/c1-46-10-50(24-15(46)26(55)45-32(37)43-24)27-14-19(53)34(71-27,30(56)47(14)2)6-68-77(61,62)74-78(63,64)73-76(59,60)67-5-33-4-65-18(29(70-33)48-8-40-12-21(35)38-7-39-22(12)48)20(33)72-75(57,58)66-3-11-16(51)17(52)28(69-11)49-9-41-13-23(49)42-31(36)44-25(13)54/h7-11,14,16-20,27-29,51-53H,3-6H2,1-2H3,(H11-,35,36,37,38,39,42,43,44,45,54,55,57,58,59,60,61,62,63,64)/p+1/t11-,14?,16?,17+,18+,19-,20?,27-,28-,29-,33-,34-/m1/s1. The molecular weight excluding hydrogens is 1140 g/mol. The Hall–Kier alpha value is -5.64. The van der Waals surface area contributed by atoms with Crippen LogP contribution in [-0.4, -0.2) is 187 Å². The summed E-state index contributed by atoms with van der Waals surface area (Å²) in [6.07, 6.45) is -10.1. The molecule has 1 amide bonds. The van der Waals surface area contributed by atoms with Crippen LogP contribution in [0.15, 0.2) is 34.9 Å². The van der Waals surface area contributed by atoms with Gasteiger partial charge in [0, 0.05) is 7.05 Å². The van der Waals surface area contributed by atoms with Crippen LogP contribution in [0.3, 0.4) is 0 Å². The number of nitrogen functional groups attached to an aromatic ring is 3. The first-order chi connectivity index (χ1) is 36.5. The van der Waals surface area contributed by atoms with E-state index in [9.17, 15) is 67.5 Å². The zero-order chi connectivity index (χ0) is 56.0. The molecule has 0 aromatic carbocycles. The van der Waals surface area contributed by atoms with Gasteiger partial charge in [-0.25, -0.2) is 42.8 Å². The number of aliphatic hydroxyl groups excluding tert-OH is 3. The van der Waals surface area contributed by atoms with Crippen LogP contribution in [0.25, 0.3) is 33.5 Å². The van der Waals surface area contributed by atoms with Crippen molar-refractivity contribution in [3.05, 3.63) is 46.0 Å². The van der Waals surface area contributed by atoms with Crippen molar-refractivity contribution >= 4 is 88.4 Å². The van der Waals surface area contributed by atoms with Gasteiger partial charge >= 0.3 is 36.9 Å². The van der Waals surface area contributed by atoms with Crippen LogP contribution in [0.2, 0.25) is 0 Å². The maximum atomic E-state index is 13.8. The number of aromatic amines is 2. The predicted molar refractivity (Wildman–Crippen MR) is 246 cm³/mol. The number of hydrogen-bond acceptors (Lipinski definition) is 29. The molecule has 40 nitrogen and oxygen atoms in total. The molecule has 16 atom stereocenters. The molecule has 5 fully saturated rings. The molecule has 4 bridgehead atoms. The third-order valence-corrected chi connectivity index (χ3v) is 18.5. The highest BCUT2D eigenvalue weighted by atomic mass is 31.3. The second-order valence-corrected chi connectivity index (χ2v) is 24.2. The molecule has 0 radical (unpaired) electrons. The van der Waals surface area contributed by atoms with Gasteiger partial charge in [0.25, 0.3) is 23.0 Å². The minimum Gasteiger partial charge on any atom is -0.387 e. The molecule has 11 rings (SSSR count). The summed E-state index contributed by atoms with van der Waals surface area (Å²) in [5, 5.41) is 33.1. The second kappa shape index (κ2) is 18.7. The molecule has 15 N–H and O–H groups in total. The first-order valence-electron chi connectivity index (χ1n) is 22.3. The van der Waals surface area contributed by atoms with E-state index in [0.717, 1.165) is 28.4 Å². The highest BCUT2D eigenvalue weighted by Crippen LogP contribution is 2.68. The average Bonchev–Trinajstić information content (AvgIpc) is 4.43. The molecular formula is C34H43N16O24P4+. The fraction of sp³-hybridized carbons (Fsp3) is 0.529. The van der Waals surface area contributed by atoms with Crippen molar-refractivity contribution < 1.29 is 108 Å². The summed E-state index contributed by atoms with van der Waals surface area (Å²) in [4.78, 5) is 111. The van der Waals surface area contributed by atoms with E-state index in [1.807, 2.05) is 0 Å². The van der Waals surface area contributed by atoms with Gasteiger partial charge in [-0.2, -0.15) is 13.6 Å². The summed E-state index contributed by atoms with van der Waals surface area (Å²) in [6, 6.07) is -1.26. The lowest BCUT2D eigenvalue weighted by Crippen LogP contribution is -2.57. The van der Waals surface area contributed by atoms with E-state index < -0.39 is 147 Å². The number of aliphatic hydroxyl groups is 3. The summed E-state index contributed by atoms with van der Waals surface area (Å²) in [7, 11) is -21.1. The van der Waals surface area contributed by atoms with Crippen molar-refractivity contribution in [2.45, 2.75) is 72.6 Å². The molecule has 0 aliphatic carbocycles. The molecule has 422 valence electrons. The number of nitrogens with two attached hydrogens (primary N) is 3. The first kappa shape index (κ1) is 54.3. The zero-order valence-corrected chi connectivity index (χ0v) is 43.0. The average molecular weight is 1180 g/mol. The number of aryl methyl sites for hydroxylation is 1. The number of ether oxygens (including phenoxy) is 4. The number of nitrogens with zero attached hydrogens (tertiary/aromatic N) is 11. The maximum Gasteiger partial charge on any atom is 0.490 e. The lowest BCUT2D eigenvalue weighted by atomic mass is 10.00. The zero-order valence-electron chi connectivity index (χ0n) is 39.4. The van der Waals surface area contributed by atoms with Crippen LogP contribution < -0.4 is 32.9 Å². The number of likely N-dealkylation sites (tertiary alicyclic amines) is 1. The number of phosphoric ester groups is 3. The summed E-state index contributed by atoms with van der Waals surface area (Å²) in [5.41, 5.74) is 10.8. The third kappa shape index (κ3) is 9.05. The minimum absolute atomic E-state index is 0.000303. The second-order valence-electron chi connectivity index (χ2n) is 18.2. The van der Waals surface area contributed by atoms with E-state index in [0.29, 0.717) is 0 Å². The highest BCUT2D eigenvalue weighted by Gasteiger charge is 2.71. The van der Waals surface area contributed by atoms with Crippen LogP contribution in [0, 0.1) is 0 Å². The first-order valence-corrected chi connectivity index (χ1v) is 28.2. The number of phosphoric acid groups is 4.